The first kappa shape index (κ1) is 19.5. The highest BCUT2D eigenvalue weighted by Crippen LogP contribution is 2.16. The van der Waals surface area contributed by atoms with E-state index in [9.17, 15) is 9.59 Å². The van der Waals surface area contributed by atoms with Gasteiger partial charge < -0.3 is 15.2 Å². The number of hydrogen-bond donors (Lipinski definition) is 2. The summed E-state index contributed by atoms with van der Waals surface area (Å²) in [5.41, 5.74) is 3.26. The van der Waals surface area contributed by atoms with Gasteiger partial charge in [-0.3, -0.25) is 9.59 Å². The lowest BCUT2D eigenvalue weighted by molar-refractivity contribution is -0.141. The zero-order valence-corrected chi connectivity index (χ0v) is 15.2. The third-order valence-corrected chi connectivity index (χ3v) is 4.09. The first-order valence-corrected chi connectivity index (χ1v) is 8.71. The molecule has 0 fully saturated rings. The summed E-state index contributed by atoms with van der Waals surface area (Å²) in [4.78, 5) is 22.8. The van der Waals surface area contributed by atoms with E-state index >= 15 is 0 Å². The smallest absolute Gasteiger partial charge is 0.306 e. The fraction of sp³-hybridized carbons (Fsp3) is 0.333. The minimum absolute atomic E-state index is 0.0637. The molecule has 5 heteroatoms. The molecule has 2 aromatic carbocycles. The third-order valence-electron chi connectivity index (χ3n) is 4.09. The second kappa shape index (κ2) is 9.61. The predicted molar refractivity (Wildman–Crippen MR) is 100 cm³/mol. The van der Waals surface area contributed by atoms with E-state index < -0.39 is 11.9 Å². The number of aliphatic carboxylic acids is 1. The molecule has 0 heterocycles. The lowest BCUT2D eigenvalue weighted by Crippen LogP contribution is -2.30. The molecular weight excluding hydrogens is 330 g/mol. The van der Waals surface area contributed by atoms with Crippen LogP contribution in [0.2, 0.25) is 0 Å². The van der Waals surface area contributed by atoms with Crippen LogP contribution >= 0.6 is 0 Å². The van der Waals surface area contributed by atoms with Crippen molar-refractivity contribution in [2.75, 3.05) is 13.2 Å². The van der Waals surface area contributed by atoms with E-state index in [1.807, 2.05) is 13.0 Å². The Morgan fingerprint density at radius 2 is 1.85 bits per heavy atom. The van der Waals surface area contributed by atoms with Gasteiger partial charge in [-0.1, -0.05) is 48.9 Å². The molecule has 0 aliphatic rings. The van der Waals surface area contributed by atoms with E-state index in [4.69, 9.17) is 9.84 Å². The molecule has 2 aromatic rings. The number of hydrogen-bond acceptors (Lipinski definition) is 3. The molecule has 1 atom stereocenters. The molecule has 0 spiro atoms. The van der Waals surface area contributed by atoms with Gasteiger partial charge in [-0.2, -0.15) is 0 Å². The predicted octanol–water partition coefficient (Wildman–Crippen LogP) is 3.00. The summed E-state index contributed by atoms with van der Waals surface area (Å²) in [5, 5.41) is 11.8. The molecule has 1 amide bonds. The van der Waals surface area contributed by atoms with E-state index in [0.29, 0.717) is 18.7 Å². The summed E-state index contributed by atoms with van der Waals surface area (Å²) < 4.78 is 5.51. The molecule has 0 saturated heterocycles. The summed E-state index contributed by atoms with van der Waals surface area (Å²) in [5.74, 6) is -0.908. The van der Waals surface area contributed by atoms with Crippen LogP contribution in [0.25, 0.3) is 0 Å². The van der Waals surface area contributed by atoms with Crippen molar-refractivity contribution in [3.8, 4) is 5.75 Å². The molecule has 138 valence electrons. The monoisotopic (exact) mass is 355 g/mol. The molecule has 26 heavy (non-hydrogen) atoms. The van der Waals surface area contributed by atoms with Crippen molar-refractivity contribution in [3.63, 3.8) is 0 Å². The Morgan fingerprint density at radius 1 is 1.12 bits per heavy atom. The summed E-state index contributed by atoms with van der Waals surface area (Å²) in [7, 11) is 0. The van der Waals surface area contributed by atoms with E-state index in [0.717, 1.165) is 12.0 Å². The van der Waals surface area contributed by atoms with Crippen LogP contribution < -0.4 is 10.1 Å². The van der Waals surface area contributed by atoms with Gasteiger partial charge in [0.1, 0.15) is 5.75 Å². The van der Waals surface area contributed by atoms with Crippen molar-refractivity contribution in [3.05, 3.63) is 65.2 Å². The van der Waals surface area contributed by atoms with Crippen molar-refractivity contribution in [1.82, 2.24) is 5.32 Å². The number of carbonyl (C=O) groups is 2. The van der Waals surface area contributed by atoms with Crippen LogP contribution in [-0.2, 0) is 22.4 Å². The Kier molecular flexibility index (Phi) is 7.21. The lowest BCUT2D eigenvalue weighted by atomic mass is 10.0. The van der Waals surface area contributed by atoms with E-state index in [2.05, 4.69) is 29.6 Å². The van der Waals surface area contributed by atoms with E-state index in [-0.39, 0.29) is 12.5 Å². The normalized spacial score (nSPS) is 11.6. The van der Waals surface area contributed by atoms with Gasteiger partial charge in [0.2, 0.25) is 0 Å². The molecule has 1 unspecified atom stereocenters. The van der Waals surface area contributed by atoms with Gasteiger partial charge in [-0.25, -0.2) is 0 Å². The number of carboxylic acid groups (broad SMARTS) is 1. The van der Waals surface area contributed by atoms with Crippen LogP contribution in [0.4, 0.5) is 0 Å². The van der Waals surface area contributed by atoms with Gasteiger partial charge >= 0.3 is 5.97 Å². The Morgan fingerprint density at radius 3 is 2.54 bits per heavy atom. The molecule has 2 N–H and O–H groups in total. The fourth-order valence-electron chi connectivity index (χ4n) is 2.50. The number of benzene rings is 2. The first-order chi connectivity index (χ1) is 12.4. The molecule has 0 radical (unpaired) electrons. The van der Waals surface area contributed by atoms with Gasteiger partial charge in [0, 0.05) is 6.54 Å². The zero-order valence-electron chi connectivity index (χ0n) is 15.2. The average molecular weight is 355 g/mol. The van der Waals surface area contributed by atoms with E-state index in [1.54, 1.807) is 25.1 Å². The highest BCUT2D eigenvalue weighted by molar-refractivity contribution is 5.77. The minimum atomic E-state index is -0.829. The van der Waals surface area contributed by atoms with Crippen LogP contribution in [0, 0.1) is 12.8 Å². The molecule has 0 saturated carbocycles. The highest BCUT2D eigenvalue weighted by atomic mass is 16.5. The molecular formula is C21H25NO4. The van der Waals surface area contributed by atoms with Gasteiger partial charge in [0.05, 0.1) is 5.92 Å². The third kappa shape index (κ3) is 6.59. The van der Waals surface area contributed by atoms with Crippen molar-refractivity contribution in [2.45, 2.75) is 26.7 Å². The summed E-state index contributed by atoms with van der Waals surface area (Å²) >= 11 is 0. The van der Waals surface area contributed by atoms with Crippen LogP contribution in [-0.4, -0.2) is 30.1 Å². The maximum absolute atomic E-state index is 11.9. The van der Waals surface area contributed by atoms with Crippen molar-refractivity contribution < 1.29 is 19.4 Å². The zero-order chi connectivity index (χ0) is 18.9. The molecule has 0 aliphatic carbocycles. The second-order valence-corrected chi connectivity index (χ2v) is 6.47. The molecule has 0 bridgehead atoms. The Bertz CT molecular complexity index is 740. The Labute approximate surface area is 154 Å². The number of carboxylic acids is 1. The maximum atomic E-state index is 11.9. The van der Waals surface area contributed by atoms with Gasteiger partial charge in [0.15, 0.2) is 6.61 Å². The van der Waals surface area contributed by atoms with E-state index in [1.165, 1.54) is 11.1 Å². The summed E-state index contributed by atoms with van der Waals surface area (Å²) in [6, 6.07) is 15.4. The van der Waals surface area contributed by atoms with Crippen LogP contribution in [0.15, 0.2) is 48.5 Å². The van der Waals surface area contributed by atoms with Crippen LogP contribution in [0.5, 0.6) is 5.75 Å². The number of ether oxygens (including phenoxy) is 1. The topological polar surface area (TPSA) is 75.6 Å². The second-order valence-electron chi connectivity index (χ2n) is 6.47. The fourth-order valence-corrected chi connectivity index (χ4v) is 2.50. The van der Waals surface area contributed by atoms with Crippen molar-refractivity contribution in [2.24, 2.45) is 5.92 Å². The number of nitrogens with one attached hydrogen (secondary N) is 1. The minimum Gasteiger partial charge on any atom is -0.484 e. The van der Waals surface area contributed by atoms with Gasteiger partial charge in [0.25, 0.3) is 5.91 Å². The van der Waals surface area contributed by atoms with Crippen LogP contribution in [0.1, 0.15) is 23.6 Å². The summed E-state index contributed by atoms with van der Waals surface area (Å²) in [6.45, 7) is 4.20. The summed E-state index contributed by atoms with van der Waals surface area (Å²) in [6.07, 6.45) is 1.20. The largest absolute Gasteiger partial charge is 0.484 e. The maximum Gasteiger partial charge on any atom is 0.306 e. The van der Waals surface area contributed by atoms with Gasteiger partial charge in [-0.05, 0) is 43.0 Å². The van der Waals surface area contributed by atoms with Crippen molar-refractivity contribution in [1.29, 1.82) is 0 Å². The standard InChI is InChI=1S/C21H25NO4/c1-15-6-8-17(9-7-15)10-11-22-20(23)14-26-19-5-3-4-18(13-19)12-16(2)21(24)25/h3-9,13,16H,10-12,14H2,1-2H3,(H,22,23)(H,24,25). The SMILES string of the molecule is Cc1ccc(CCNC(=O)COc2cccc(CC(C)C(=O)O)c2)cc1. The average Bonchev–Trinajstić information content (AvgIpc) is 2.62. The lowest BCUT2D eigenvalue weighted by Gasteiger charge is -2.10. The highest BCUT2D eigenvalue weighted by Gasteiger charge is 2.12. The Balaban J connectivity index is 1.74. The van der Waals surface area contributed by atoms with Gasteiger partial charge in [-0.15, -0.1) is 0 Å². The van der Waals surface area contributed by atoms with Crippen molar-refractivity contribution >= 4 is 11.9 Å². The quantitative estimate of drug-likeness (QED) is 0.725. The first-order valence-electron chi connectivity index (χ1n) is 8.71. The molecule has 0 aliphatic heterocycles. The van der Waals surface area contributed by atoms with Crippen LogP contribution in [0.3, 0.4) is 0 Å². The number of aryl methyl sites for hydroxylation is 1. The number of amides is 1. The number of carbonyl (C=O) groups excluding carboxylic acids is 1. The molecule has 2 rings (SSSR count). The Hall–Kier alpha value is -2.82. The molecule has 0 aromatic heterocycles. The number of rotatable bonds is 9. The molecule has 5 nitrogen and oxygen atoms in total.